The number of nitrogens with one attached hydrogen (secondary N) is 1. The normalized spacial score (nSPS) is 12.1. The minimum Gasteiger partial charge on any atom is -0.494 e. The van der Waals surface area contributed by atoms with Gasteiger partial charge >= 0.3 is 0 Å². The molecular weight excluding hydrogens is 258 g/mol. The first-order valence-electron chi connectivity index (χ1n) is 7.77. The number of rotatable bonds is 8. The van der Waals surface area contributed by atoms with Crippen molar-refractivity contribution >= 4 is 0 Å². The van der Waals surface area contributed by atoms with E-state index in [1.54, 1.807) is 0 Å². The predicted octanol–water partition coefficient (Wildman–Crippen LogP) is 4.20. The molecule has 0 saturated heterocycles. The molecule has 2 nitrogen and oxygen atoms in total. The van der Waals surface area contributed by atoms with E-state index < -0.39 is 0 Å². The molecule has 0 heterocycles. The van der Waals surface area contributed by atoms with Crippen LogP contribution in [-0.4, -0.2) is 12.6 Å². The molecule has 0 fully saturated rings. The van der Waals surface area contributed by atoms with Crippen molar-refractivity contribution in [1.29, 1.82) is 0 Å². The summed E-state index contributed by atoms with van der Waals surface area (Å²) in [5.41, 5.74) is 2.64. The van der Waals surface area contributed by atoms with Gasteiger partial charge in [-0.25, -0.2) is 0 Å². The topological polar surface area (TPSA) is 21.3 Å². The zero-order chi connectivity index (χ0) is 14.9. The minimum atomic E-state index is 0.451. The second-order valence-electron chi connectivity index (χ2n) is 5.47. The van der Waals surface area contributed by atoms with E-state index in [-0.39, 0.29) is 0 Å². The zero-order valence-electron chi connectivity index (χ0n) is 13.0. The highest BCUT2D eigenvalue weighted by atomic mass is 16.5. The van der Waals surface area contributed by atoms with Gasteiger partial charge < -0.3 is 10.1 Å². The Balaban J connectivity index is 1.82. The van der Waals surface area contributed by atoms with Crippen LogP contribution in [-0.2, 0) is 13.0 Å². The molecule has 0 spiro atoms. The van der Waals surface area contributed by atoms with Crippen molar-refractivity contribution in [3.8, 4) is 5.75 Å². The Hall–Kier alpha value is -1.80. The van der Waals surface area contributed by atoms with E-state index >= 15 is 0 Å². The van der Waals surface area contributed by atoms with Crippen LogP contribution in [0, 0.1) is 0 Å². The maximum absolute atomic E-state index is 5.67. The van der Waals surface area contributed by atoms with Gasteiger partial charge in [0.2, 0.25) is 0 Å². The van der Waals surface area contributed by atoms with Gasteiger partial charge in [0, 0.05) is 12.6 Å². The Morgan fingerprint density at radius 2 is 1.76 bits per heavy atom. The van der Waals surface area contributed by atoms with E-state index in [0.29, 0.717) is 6.04 Å². The fourth-order valence-corrected chi connectivity index (χ4v) is 2.30. The standard InChI is InChI=1S/C19H25NO/c1-3-12-21-19-11-7-10-18(14-19)15-20-16(2)13-17-8-5-4-6-9-17/h4-11,14,16,20H,3,12-13,15H2,1-2H3. The van der Waals surface area contributed by atoms with Crippen LogP contribution in [0.15, 0.2) is 54.6 Å². The molecule has 2 aromatic carbocycles. The number of hydrogen-bond acceptors (Lipinski definition) is 2. The lowest BCUT2D eigenvalue weighted by Crippen LogP contribution is -2.27. The van der Waals surface area contributed by atoms with Gasteiger partial charge in [0.15, 0.2) is 0 Å². The Bertz CT molecular complexity index is 524. The first-order valence-corrected chi connectivity index (χ1v) is 7.77. The summed E-state index contributed by atoms with van der Waals surface area (Å²) in [6.45, 7) is 6.00. The van der Waals surface area contributed by atoms with Crippen LogP contribution in [0.25, 0.3) is 0 Å². The van der Waals surface area contributed by atoms with Gasteiger partial charge in [0.1, 0.15) is 5.75 Å². The lowest BCUT2D eigenvalue weighted by molar-refractivity contribution is 0.317. The van der Waals surface area contributed by atoms with Crippen LogP contribution in [0.1, 0.15) is 31.4 Å². The van der Waals surface area contributed by atoms with E-state index in [9.17, 15) is 0 Å². The summed E-state index contributed by atoms with van der Waals surface area (Å²) in [6, 6.07) is 19.4. The van der Waals surface area contributed by atoms with Gasteiger partial charge in [-0.05, 0) is 43.0 Å². The second-order valence-corrected chi connectivity index (χ2v) is 5.47. The van der Waals surface area contributed by atoms with Crippen LogP contribution in [0.2, 0.25) is 0 Å². The van der Waals surface area contributed by atoms with Crippen LogP contribution < -0.4 is 10.1 Å². The molecule has 0 radical (unpaired) electrons. The van der Waals surface area contributed by atoms with Crippen molar-refractivity contribution in [3.63, 3.8) is 0 Å². The van der Waals surface area contributed by atoms with Gasteiger partial charge in [-0.3, -0.25) is 0 Å². The molecule has 0 saturated carbocycles. The van der Waals surface area contributed by atoms with Crippen molar-refractivity contribution < 1.29 is 4.74 Å². The average Bonchev–Trinajstić information content (AvgIpc) is 2.52. The van der Waals surface area contributed by atoms with Gasteiger partial charge in [0.25, 0.3) is 0 Å². The number of hydrogen-bond donors (Lipinski definition) is 1. The smallest absolute Gasteiger partial charge is 0.119 e. The SMILES string of the molecule is CCCOc1cccc(CNC(C)Cc2ccccc2)c1. The molecule has 0 bridgehead atoms. The van der Waals surface area contributed by atoms with E-state index in [2.05, 4.69) is 67.7 Å². The van der Waals surface area contributed by atoms with E-state index in [1.807, 2.05) is 6.07 Å². The summed E-state index contributed by atoms with van der Waals surface area (Å²) in [5.74, 6) is 0.965. The molecular formula is C19H25NO. The minimum absolute atomic E-state index is 0.451. The highest BCUT2D eigenvalue weighted by Gasteiger charge is 2.03. The largest absolute Gasteiger partial charge is 0.494 e. The molecule has 0 amide bonds. The molecule has 1 N–H and O–H groups in total. The molecule has 0 aromatic heterocycles. The molecule has 0 aliphatic carbocycles. The Kier molecular flexibility index (Phi) is 6.29. The molecule has 2 rings (SSSR count). The van der Waals surface area contributed by atoms with E-state index in [4.69, 9.17) is 4.74 Å². The Morgan fingerprint density at radius 3 is 2.52 bits per heavy atom. The first-order chi connectivity index (χ1) is 10.3. The maximum Gasteiger partial charge on any atom is 0.119 e. The lowest BCUT2D eigenvalue weighted by atomic mass is 10.1. The molecule has 1 unspecified atom stereocenters. The maximum atomic E-state index is 5.67. The molecule has 1 atom stereocenters. The summed E-state index contributed by atoms with van der Waals surface area (Å²) >= 11 is 0. The third kappa shape index (κ3) is 5.60. The molecule has 0 aliphatic heterocycles. The lowest BCUT2D eigenvalue weighted by Gasteiger charge is -2.14. The van der Waals surface area contributed by atoms with Gasteiger partial charge in [-0.2, -0.15) is 0 Å². The summed E-state index contributed by atoms with van der Waals surface area (Å²) in [4.78, 5) is 0. The van der Waals surface area contributed by atoms with Crippen molar-refractivity contribution in [1.82, 2.24) is 5.32 Å². The summed E-state index contributed by atoms with van der Waals surface area (Å²) in [5, 5.41) is 3.58. The molecule has 2 heteroatoms. The van der Waals surface area contributed by atoms with Crippen molar-refractivity contribution in [3.05, 3.63) is 65.7 Å². The third-order valence-electron chi connectivity index (χ3n) is 3.41. The summed E-state index contributed by atoms with van der Waals surface area (Å²) in [6.07, 6.45) is 2.09. The molecule has 2 aromatic rings. The summed E-state index contributed by atoms with van der Waals surface area (Å²) < 4.78 is 5.67. The third-order valence-corrected chi connectivity index (χ3v) is 3.41. The van der Waals surface area contributed by atoms with Crippen molar-refractivity contribution in [2.24, 2.45) is 0 Å². The second kappa shape index (κ2) is 8.48. The highest BCUT2D eigenvalue weighted by Crippen LogP contribution is 2.14. The van der Waals surface area contributed by atoms with Crippen LogP contribution in [0.5, 0.6) is 5.75 Å². The Morgan fingerprint density at radius 1 is 1.00 bits per heavy atom. The Labute approximate surface area is 128 Å². The van der Waals surface area contributed by atoms with Crippen LogP contribution in [0.3, 0.4) is 0 Å². The van der Waals surface area contributed by atoms with Gasteiger partial charge in [0.05, 0.1) is 6.61 Å². The molecule has 21 heavy (non-hydrogen) atoms. The van der Waals surface area contributed by atoms with Crippen molar-refractivity contribution in [2.45, 2.75) is 39.3 Å². The monoisotopic (exact) mass is 283 g/mol. The summed E-state index contributed by atoms with van der Waals surface area (Å²) in [7, 11) is 0. The highest BCUT2D eigenvalue weighted by molar-refractivity contribution is 5.28. The van der Waals surface area contributed by atoms with Crippen molar-refractivity contribution in [2.75, 3.05) is 6.61 Å². The van der Waals surface area contributed by atoms with Gasteiger partial charge in [-0.15, -0.1) is 0 Å². The van der Waals surface area contributed by atoms with Crippen LogP contribution >= 0.6 is 0 Å². The number of benzene rings is 2. The van der Waals surface area contributed by atoms with Gasteiger partial charge in [-0.1, -0.05) is 49.4 Å². The fraction of sp³-hybridized carbons (Fsp3) is 0.368. The predicted molar refractivity (Wildman–Crippen MR) is 88.7 cm³/mol. The molecule has 0 aliphatic rings. The average molecular weight is 283 g/mol. The van der Waals surface area contributed by atoms with Crippen LogP contribution in [0.4, 0.5) is 0 Å². The van der Waals surface area contributed by atoms with E-state index in [1.165, 1.54) is 11.1 Å². The zero-order valence-corrected chi connectivity index (χ0v) is 13.0. The number of ether oxygens (including phenoxy) is 1. The first kappa shape index (κ1) is 15.6. The molecule has 112 valence electrons. The van der Waals surface area contributed by atoms with E-state index in [0.717, 1.165) is 31.7 Å². The fourth-order valence-electron chi connectivity index (χ4n) is 2.30. The quantitative estimate of drug-likeness (QED) is 0.784.